The lowest BCUT2D eigenvalue weighted by atomic mass is 9.91. The maximum atomic E-state index is 13.4. The summed E-state index contributed by atoms with van der Waals surface area (Å²) in [5.74, 6) is -0.0523. The number of benzene rings is 1. The zero-order valence-corrected chi connectivity index (χ0v) is 18.4. The zero-order valence-electron chi connectivity index (χ0n) is 17.6. The van der Waals surface area contributed by atoms with Gasteiger partial charge in [0.2, 0.25) is 15.9 Å². The fourth-order valence-electron chi connectivity index (χ4n) is 4.28. The molecule has 3 heterocycles. The Bertz CT molecular complexity index is 1030. The largest absolute Gasteiger partial charge is 0.305 e. The van der Waals surface area contributed by atoms with Crippen LogP contribution in [-0.2, 0) is 21.4 Å². The van der Waals surface area contributed by atoms with E-state index in [4.69, 9.17) is 0 Å². The lowest BCUT2D eigenvalue weighted by molar-refractivity contribution is -0.120. The molecule has 30 heavy (non-hydrogen) atoms. The van der Waals surface area contributed by atoms with E-state index >= 15 is 0 Å². The Morgan fingerprint density at radius 3 is 2.57 bits per heavy atom. The molecule has 1 aromatic heterocycles. The normalized spacial score (nSPS) is 23.5. The van der Waals surface area contributed by atoms with Gasteiger partial charge in [0.05, 0.1) is 23.5 Å². The number of aromatic nitrogens is 1. The average Bonchev–Trinajstić information content (AvgIpc) is 2.98. The van der Waals surface area contributed by atoms with E-state index in [1.165, 1.54) is 0 Å². The molecular weight excluding hydrogens is 400 g/mol. The molecule has 1 N–H and O–H groups in total. The zero-order chi connectivity index (χ0) is 21.5. The fraction of sp³-hybridized carbons (Fsp3) is 0.455. The van der Waals surface area contributed by atoms with Crippen LogP contribution in [0, 0.1) is 5.41 Å². The molecular formula is C22H28N4O3S. The third-order valence-corrected chi connectivity index (χ3v) is 7.02. The van der Waals surface area contributed by atoms with Gasteiger partial charge in [-0.1, -0.05) is 39.0 Å². The van der Waals surface area contributed by atoms with Crippen LogP contribution in [0.4, 0.5) is 5.69 Å². The number of sulfonamides is 1. The SMILES string of the molecule is CC(C)(C)CC(=O)N1c2ccccc2S(=O)(=O)N[C@@H]2CN(Cc3ccccn3)C[C@H]21. The van der Waals surface area contributed by atoms with E-state index in [1.54, 1.807) is 35.4 Å². The highest BCUT2D eigenvalue weighted by atomic mass is 32.2. The molecule has 1 amide bonds. The summed E-state index contributed by atoms with van der Waals surface area (Å²) in [6.45, 7) is 7.76. The molecule has 4 rings (SSSR count). The highest BCUT2D eigenvalue weighted by Crippen LogP contribution is 2.35. The Labute approximate surface area is 178 Å². The molecule has 0 radical (unpaired) electrons. The van der Waals surface area contributed by atoms with Crippen molar-refractivity contribution in [2.24, 2.45) is 5.41 Å². The lowest BCUT2D eigenvalue weighted by Gasteiger charge is -2.33. The molecule has 2 aliphatic heterocycles. The minimum absolute atomic E-state index is 0.0523. The summed E-state index contributed by atoms with van der Waals surface area (Å²) < 4.78 is 29.0. The quantitative estimate of drug-likeness (QED) is 0.812. The van der Waals surface area contributed by atoms with Crippen LogP contribution in [0.1, 0.15) is 32.9 Å². The number of anilines is 1. The fourth-order valence-corrected chi connectivity index (χ4v) is 5.73. The predicted octanol–water partition coefficient (Wildman–Crippen LogP) is 2.40. The molecule has 0 bridgehead atoms. The van der Waals surface area contributed by atoms with Gasteiger partial charge in [-0.15, -0.1) is 0 Å². The third kappa shape index (κ3) is 4.26. The number of nitrogens with one attached hydrogen (secondary N) is 1. The van der Waals surface area contributed by atoms with E-state index in [9.17, 15) is 13.2 Å². The minimum atomic E-state index is -3.73. The lowest BCUT2D eigenvalue weighted by Crippen LogP contribution is -2.51. The number of pyridine rings is 1. The Morgan fingerprint density at radius 2 is 1.87 bits per heavy atom. The van der Waals surface area contributed by atoms with Crippen molar-refractivity contribution in [2.45, 2.75) is 50.7 Å². The number of nitrogens with zero attached hydrogens (tertiary/aromatic N) is 3. The summed E-state index contributed by atoms with van der Waals surface area (Å²) in [5.41, 5.74) is 1.18. The summed E-state index contributed by atoms with van der Waals surface area (Å²) in [4.78, 5) is 21.9. The van der Waals surface area contributed by atoms with Crippen molar-refractivity contribution in [3.63, 3.8) is 0 Å². The van der Waals surface area contributed by atoms with Gasteiger partial charge in [0.25, 0.3) is 0 Å². The minimum Gasteiger partial charge on any atom is -0.305 e. The van der Waals surface area contributed by atoms with Crippen LogP contribution < -0.4 is 9.62 Å². The second kappa shape index (κ2) is 7.76. The average molecular weight is 429 g/mol. The molecule has 0 saturated carbocycles. The Morgan fingerprint density at radius 1 is 1.13 bits per heavy atom. The summed E-state index contributed by atoms with van der Waals surface area (Å²) in [7, 11) is -3.73. The molecule has 160 valence electrons. The Hall–Kier alpha value is -2.29. The molecule has 8 heteroatoms. The number of hydrogen-bond acceptors (Lipinski definition) is 5. The van der Waals surface area contributed by atoms with Crippen molar-refractivity contribution in [1.82, 2.24) is 14.6 Å². The molecule has 7 nitrogen and oxygen atoms in total. The first-order valence-electron chi connectivity index (χ1n) is 10.2. The van der Waals surface area contributed by atoms with Crippen LogP contribution in [0.5, 0.6) is 0 Å². The molecule has 2 aliphatic rings. The predicted molar refractivity (Wildman–Crippen MR) is 115 cm³/mol. The van der Waals surface area contributed by atoms with Crippen LogP contribution in [0.15, 0.2) is 53.6 Å². The van der Waals surface area contributed by atoms with E-state index in [2.05, 4.69) is 14.6 Å². The molecule has 0 spiro atoms. The van der Waals surface area contributed by atoms with Crippen molar-refractivity contribution in [3.05, 3.63) is 54.4 Å². The van der Waals surface area contributed by atoms with Gasteiger partial charge in [-0.25, -0.2) is 13.1 Å². The first-order valence-corrected chi connectivity index (χ1v) is 11.7. The molecule has 0 unspecified atom stereocenters. The maximum absolute atomic E-state index is 13.4. The topological polar surface area (TPSA) is 82.6 Å². The van der Waals surface area contributed by atoms with Crippen LogP contribution in [-0.4, -0.2) is 49.4 Å². The van der Waals surface area contributed by atoms with Crippen molar-refractivity contribution in [2.75, 3.05) is 18.0 Å². The second-order valence-corrected chi connectivity index (χ2v) is 11.0. The van der Waals surface area contributed by atoms with Gasteiger partial charge in [0.1, 0.15) is 4.90 Å². The smallest absolute Gasteiger partial charge is 0.243 e. The van der Waals surface area contributed by atoms with E-state index in [0.717, 1.165) is 5.69 Å². The summed E-state index contributed by atoms with van der Waals surface area (Å²) >= 11 is 0. The van der Waals surface area contributed by atoms with Gasteiger partial charge in [-0.2, -0.15) is 0 Å². The van der Waals surface area contributed by atoms with Crippen LogP contribution in [0.2, 0.25) is 0 Å². The third-order valence-electron chi connectivity index (χ3n) is 5.48. The standard InChI is InChI=1S/C22H28N4O3S/c1-22(2,3)12-21(27)26-18-9-4-5-10-20(18)30(28,29)24-17-14-25(15-19(17)26)13-16-8-6-7-11-23-16/h4-11,17,19,24H,12-15H2,1-3H3/t17-,19-/m1/s1. The van der Waals surface area contributed by atoms with Crippen LogP contribution >= 0.6 is 0 Å². The number of para-hydroxylation sites is 1. The van der Waals surface area contributed by atoms with Crippen molar-refractivity contribution in [3.8, 4) is 0 Å². The Balaban J connectivity index is 1.71. The first-order chi connectivity index (χ1) is 14.1. The number of fused-ring (bicyclic) bond motifs is 2. The molecule has 1 saturated heterocycles. The van der Waals surface area contributed by atoms with E-state index < -0.39 is 10.0 Å². The number of carbonyl (C=O) groups is 1. The van der Waals surface area contributed by atoms with Gasteiger partial charge in [-0.05, 0) is 29.7 Å². The highest BCUT2D eigenvalue weighted by Gasteiger charge is 2.45. The first kappa shape index (κ1) is 21.0. The van der Waals surface area contributed by atoms with Gasteiger partial charge in [-0.3, -0.25) is 14.7 Å². The monoisotopic (exact) mass is 428 g/mol. The van der Waals surface area contributed by atoms with E-state index in [0.29, 0.717) is 31.7 Å². The molecule has 1 fully saturated rings. The molecule has 2 atom stereocenters. The number of carbonyl (C=O) groups excluding carboxylic acids is 1. The van der Waals surface area contributed by atoms with Gasteiger partial charge in [0.15, 0.2) is 0 Å². The summed E-state index contributed by atoms with van der Waals surface area (Å²) in [5, 5.41) is 0. The molecule has 1 aromatic carbocycles. The van der Waals surface area contributed by atoms with Gasteiger partial charge in [0, 0.05) is 32.3 Å². The van der Waals surface area contributed by atoms with Crippen LogP contribution in [0.25, 0.3) is 0 Å². The van der Waals surface area contributed by atoms with Gasteiger partial charge >= 0.3 is 0 Å². The number of amides is 1. The molecule has 2 aromatic rings. The van der Waals surface area contributed by atoms with E-state index in [-0.39, 0.29) is 28.3 Å². The van der Waals surface area contributed by atoms with Crippen LogP contribution in [0.3, 0.4) is 0 Å². The maximum Gasteiger partial charge on any atom is 0.243 e. The van der Waals surface area contributed by atoms with Gasteiger partial charge < -0.3 is 4.90 Å². The number of rotatable bonds is 3. The Kier molecular flexibility index (Phi) is 5.42. The van der Waals surface area contributed by atoms with E-state index in [1.807, 2.05) is 39.0 Å². The highest BCUT2D eigenvalue weighted by molar-refractivity contribution is 7.89. The van der Waals surface area contributed by atoms with Crippen molar-refractivity contribution in [1.29, 1.82) is 0 Å². The number of likely N-dealkylation sites (tertiary alicyclic amines) is 1. The van der Waals surface area contributed by atoms with Crippen molar-refractivity contribution < 1.29 is 13.2 Å². The molecule has 0 aliphatic carbocycles. The summed E-state index contributed by atoms with van der Waals surface area (Å²) in [6.07, 6.45) is 2.09. The number of hydrogen-bond donors (Lipinski definition) is 1. The second-order valence-electron chi connectivity index (χ2n) is 9.28. The van der Waals surface area contributed by atoms with Crippen molar-refractivity contribution >= 4 is 21.6 Å². The summed E-state index contributed by atoms with van der Waals surface area (Å²) in [6, 6.07) is 11.9.